The Morgan fingerprint density at radius 3 is 2.91 bits per heavy atom. The highest BCUT2D eigenvalue weighted by molar-refractivity contribution is 5.86. The molecule has 0 saturated carbocycles. The van der Waals surface area contributed by atoms with Gasteiger partial charge in [0, 0.05) is 12.6 Å². The van der Waals surface area contributed by atoms with Gasteiger partial charge in [-0.05, 0) is 49.1 Å². The van der Waals surface area contributed by atoms with Gasteiger partial charge in [-0.1, -0.05) is 42.5 Å². The summed E-state index contributed by atoms with van der Waals surface area (Å²) in [7, 11) is 0. The van der Waals surface area contributed by atoms with Crippen LogP contribution in [0.15, 0.2) is 42.5 Å². The van der Waals surface area contributed by atoms with Crippen molar-refractivity contribution in [2.24, 2.45) is 0 Å². The van der Waals surface area contributed by atoms with Crippen molar-refractivity contribution in [2.45, 2.75) is 38.3 Å². The molecule has 23 heavy (non-hydrogen) atoms. The van der Waals surface area contributed by atoms with E-state index in [0.717, 1.165) is 18.5 Å². The molecule has 0 spiro atoms. The van der Waals surface area contributed by atoms with Crippen molar-refractivity contribution in [1.29, 1.82) is 0 Å². The minimum atomic E-state index is -0.0940. The maximum Gasteiger partial charge on any atom is 0.315 e. The second-order valence-electron chi connectivity index (χ2n) is 6.27. The summed E-state index contributed by atoms with van der Waals surface area (Å²) in [5.74, 6) is 0. The van der Waals surface area contributed by atoms with Gasteiger partial charge in [0.2, 0.25) is 0 Å². The van der Waals surface area contributed by atoms with Gasteiger partial charge in [-0.3, -0.25) is 0 Å². The van der Waals surface area contributed by atoms with E-state index in [0.29, 0.717) is 12.6 Å². The smallest absolute Gasteiger partial charge is 0.315 e. The topological polar surface area (TPSA) is 53.2 Å². The van der Waals surface area contributed by atoms with E-state index in [1.165, 1.54) is 23.6 Å². The summed E-state index contributed by atoms with van der Waals surface area (Å²) in [6.45, 7) is 3.85. The zero-order chi connectivity index (χ0) is 16.1. The Morgan fingerprint density at radius 2 is 2.09 bits per heavy atom. The monoisotopic (exact) mass is 311 g/mol. The molecule has 1 heterocycles. The number of carbonyl (C=O) groups is 1. The molecule has 4 heteroatoms. The minimum absolute atomic E-state index is 0.0225. The summed E-state index contributed by atoms with van der Waals surface area (Å²) in [6, 6.07) is 14.9. The number of nitrogens with one attached hydrogen (secondary N) is 3. The van der Waals surface area contributed by atoms with E-state index in [-0.39, 0.29) is 12.1 Å². The van der Waals surface area contributed by atoms with Gasteiger partial charge < -0.3 is 16.0 Å². The summed E-state index contributed by atoms with van der Waals surface area (Å²) in [6.07, 6.45) is 3.46. The van der Waals surface area contributed by atoms with Gasteiger partial charge in [-0.25, -0.2) is 4.79 Å². The van der Waals surface area contributed by atoms with Gasteiger partial charge in [-0.15, -0.1) is 0 Å². The Kier molecular flexibility index (Phi) is 5.13. The quantitative estimate of drug-likeness (QED) is 0.793. The molecule has 1 fully saturated rings. The van der Waals surface area contributed by atoms with Crippen molar-refractivity contribution >= 4 is 16.8 Å². The lowest BCUT2D eigenvalue weighted by Crippen LogP contribution is -2.39. The van der Waals surface area contributed by atoms with E-state index in [1.54, 1.807) is 0 Å². The molecule has 2 aromatic carbocycles. The van der Waals surface area contributed by atoms with Crippen LogP contribution >= 0.6 is 0 Å². The molecule has 2 atom stereocenters. The second kappa shape index (κ2) is 7.47. The molecule has 2 aromatic rings. The Morgan fingerprint density at radius 1 is 1.26 bits per heavy atom. The first-order valence-corrected chi connectivity index (χ1v) is 8.49. The Labute approximate surface area is 137 Å². The highest BCUT2D eigenvalue weighted by Gasteiger charge is 2.15. The Bertz CT molecular complexity index is 659. The van der Waals surface area contributed by atoms with Crippen molar-refractivity contribution in [2.75, 3.05) is 13.1 Å². The zero-order valence-corrected chi connectivity index (χ0v) is 13.6. The number of rotatable bonds is 5. The largest absolute Gasteiger partial charge is 0.338 e. The number of fused-ring (bicyclic) bond motifs is 1. The van der Waals surface area contributed by atoms with Crippen LogP contribution in [-0.4, -0.2) is 25.2 Å². The molecule has 4 nitrogen and oxygen atoms in total. The zero-order valence-electron chi connectivity index (χ0n) is 13.6. The lowest BCUT2D eigenvalue weighted by molar-refractivity contribution is 0.237. The van der Waals surface area contributed by atoms with Crippen LogP contribution in [0.4, 0.5) is 4.79 Å². The molecule has 2 amide bonds. The lowest BCUT2D eigenvalue weighted by atomic mass is 10.00. The van der Waals surface area contributed by atoms with Crippen molar-refractivity contribution in [3.05, 3.63) is 48.0 Å². The third-order valence-corrected chi connectivity index (χ3v) is 4.58. The normalized spacial score (nSPS) is 18.7. The number of hydrogen-bond acceptors (Lipinski definition) is 2. The first-order chi connectivity index (χ1) is 11.2. The molecule has 0 aliphatic carbocycles. The van der Waals surface area contributed by atoms with E-state index in [4.69, 9.17) is 0 Å². The van der Waals surface area contributed by atoms with Crippen molar-refractivity contribution in [1.82, 2.24) is 16.0 Å². The molecule has 0 unspecified atom stereocenters. The maximum atomic E-state index is 12.1. The minimum Gasteiger partial charge on any atom is -0.338 e. The third kappa shape index (κ3) is 4.02. The van der Waals surface area contributed by atoms with E-state index < -0.39 is 0 Å². The van der Waals surface area contributed by atoms with Gasteiger partial charge in [-0.2, -0.15) is 0 Å². The molecule has 0 radical (unpaired) electrons. The average molecular weight is 311 g/mol. The van der Waals surface area contributed by atoms with Gasteiger partial charge in [0.05, 0.1) is 6.04 Å². The average Bonchev–Trinajstić information content (AvgIpc) is 3.07. The number of urea groups is 1. The van der Waals surface area contributed by atoms with Gasteiger partial charge in [0.1, 0.15) is 0 Å². The molecular weight excluding hydrogens is 286 g/mol. The first kappa shape index (κ1) is 15.8. The molecule has 0 bridgehead atoms. The van der Waals surface area contributed by atoms with Gasteiger partial charge in [0.15, 0.2) is 0 Å². The van der Waals surface area contributed by atoms with Gasteiger partial charge in [0.25, 0.3) is 0 Å². The maximum absolute atomic E-state index is 12.1. The molecule has 1 saturated heterocycles. The predicted molar refractivity (Wildman–Crippen MR) is 94.5 cm³/mol. The van der Waals surface area contributed by atoms with E-state index >= 15 is 0 Å². The second-order valence-corrected chi connectivity index (χ2v) is 6.27. The Hall–Kier alpha value is -2.07. The molecule has 1 aliphatic heterocycles. The predicted octanol–water partition coefficient (Wildman–Crippen LogP) is 3.34. The van der Waals surface area contributed by atoms with Crippen LogP contribution in [0, 0.1) is 0 Å². The molecule has 1 aliphatic rings. The van der Waals surface area contributed by atoms with Crippen LogP contribution < -0.4 is 16.0 Å². The fourth-order valence-electron chi connectivity index (χ4n) is 3.32. The third-order valence-electron chi connectivity index (χ3n) is 4.58. The van der Waals surface area contributed by atoms with Crippen LogP contribution in [0.3, 0.4) is 0 Å². The Balaban J connectivity index is 1.55. The standard InChI is InChI=1S/C19H25N3O/c1-14(17-10-4-7-15-6-2-3-9-18(15)17)22-19(23)21-13-11-16-8-5-12-20-16/h2-4,6-7,9-10,14,16,20H,5,8,11-13H2,1H3,(H2,21,22,23)/t14-,16-/m0/s1. The van der Waals surface area contributed by atoms with Crippen molar-refractivity contribution in [3.63, 3.8) is 0 Å². The van der Waals surface area contributed by atoms with E-state index in [9.17, 15) is 4.79 Å². The fraction of sp³-hybridized carbons (Fsp3) is 0.421. The number of benzene rings is 2. The van der Waals surface area contributed by atoms with Crippen LogP contribution in [0.1, 0.15) is 37.8 Å². The summed E-state index contributed by atoms with van der Waals surface area (Å²) >= 11 is 0. The van der Waals surface area contributed by atoms with Crippen LogP contribution in [-0.2, 0) is 0 Å². The summed E-state index contributed by atoms with van der Waals surface area (Å²) in [5.41, 5.74) is 1.15. The lowest BCUT2D eigenvalue weighted by Gasteiger charge is -2.18. The van der Waals surface area contributed by atoms with Crippen molar-refractivity contribution < 1.29 is 4.79 Å². The highest BCUT2D eigenvalue weighted by Crippen LogP contribution is 2.23. The van der Waals surface area contributed by atoms with E-state index in [1.807, 2.05) is 25.1 Å². The molecular formula is C19H25N3O. The fourth-order valence-corrected chi connectivity index (χ4v) is 3.32. The summed E-state index contributed by atoms with van der Waals surface area (Å²) in [5, 5.41) is 11.8. The first-order valence-electron chi connectivity index (χ1n) is 8.49. The number of carbonyl (C=O) groups excluding carboxylic acids is 1. The van der Waals surface area contributed by atoms with Crippen LogP contribution in [0.2, 0.25) is 0 Å². The number of amides is 2. The number of hydrogen-bond donors (Lipinski definition) is 3. The van der Waals surface area contributed by atoms with Gasteiger partial charge >= 0.3 is 6.03 Å². The van der Waals surface area contributed by atoms with Crippen LogP contribution in [0.5, 0.6) is 0 Å². The van der Waals surface area contributed by atoms with Crippen LogP contribution in [0.25, 0.3) is 10.8 Å². The highest BCUT2D eigenvalue weighted by atomic mass is 16.2. The molecule has 3 N–H and O–H groups in total. The van der Waals surface area contributed by atoms with E-state index in [2.05, 4.69) is 40.2 Å². The summed E-state index contributed by atoms with van der Waals surface area (Å²) < 4.78 is 0. The molecule has 122 valence electrons. The SMILES string of the molecule is C[C@H](NC(=O)NCC[C@@H]1CCCN1)c1cccc2ccccc12. The molecule has 3 rings (SSSR count). The summed E-state index contributed by atoms with van der Waals surface area (Å²) in [4.78, 5) is 12.1. The van der Waals surface area contributed by atoms with Crippen molar-refractivity contribution in [3.8, 4) is 0 Å². The molecule has 0 aromatic heterocycles.